The van der Waals surface area contributed by atoms with Crippen molar-refractivity contribution in [3.05, 3.63) is 150 Å². The van der Waals surface area contributed by atoms with Gasteiger partial charge < -0.3 is 23.8 Å². The summed E-state index contributed by atoms with van der Waals surface area (Å²) in [5.74, 6) is -1.22. The molecule has 0 atom stereocenters. The van der Waals surface area contributed by atoms with Gasteiger partial charge in [-0.1, -0.05) is 56.6 Å². The number of aryl methyl sites for hydroxylation is 2. The summed E-state index contributed by atoms with van der Waals surface area (Å²) in [5.41, 5.74) is 8.18. The Morgan fingerprint density at radius 2 is 0.946 bits per heavy atom. The summed E-state index contributed by atoms with van der Waals surface area (Å²) in [6.07, 6.45) is 0.793. The van der Waals surface area contributed by atoms with Crippen molar-refractivity contribution < 1.29 is 38.1 Å². The van der Waals surface area contributed by atoms with Crippen molar-refractivity contribution in [1.29, 1.82) is 0 Å². The van der Waals surface area contributed by atoms with Crippen LogP contribution in [-0.4, -0.2) is 37.1 Å². The van der Waals surface area contributed by atoms with E-state index >= 15 is 0 Å². The minimum absolute atomic E-state index is 0.0922. The van der Waals surface area contributed by atoms with Gasteiger partial charge in [0, 0.05) is 44.8 Å². The summed E-state index contributed by atoms with van der Waals surface area (Å²) in [7, 11) is 0. The lowest BCUT2D eigenvalue weighted by Gasteiger charge is -2.33. The van der Waals surface area contributed by atoms with E-state index in [1.54, 1.807) is 39.8 Å². The second kappa shape index (κ2) is 16.9. The van der Waals surface area contributed by atoms with Crippen LogP contribution in [0.1, 0.15) is 62.8 Å². The van der Waals surface area contributed by atoms with Crippen molar-refractivity contribution in [2.45, 2.75) is 59.8 Å². The van der Waals surface area contributed by atoms with Crippen LogP contribution in [0.4, 0.5) is 17.1 Å². The predicted molar refractivity (Wildman–Crippen MR) is 218 cm³/mol. The summed E-state index contributed by atoms with van der Waals surface area (Å²) in [6, 6.07) is 25.4. The fourth-order valence-corrected chi connectivity index (χ4v) is 6.72. The average Bonchev–Trinajstić information content (AvgIpc) is 3.42. The summed E-state index contributed by atoms with van der Waals surface area (Å²) < 4.78 is 22.6. The van der Waals surface area contributed by atoms with Gasteiger partial charge in [0.25, 0.3) is 0 Å². The average molecular weight is 754 g/mol. The van der Waals surface area contributed by atoms with Crippen molar-refractivity contribution in [2.24, 2.45) is 0 Å². The Hall–Kier alpha value is -6.48. The third-order valence-corrected chi connectivity index (χ3v) is 9.67. The van der Waals surface area contributed by atoms with Crippen LogP contribution in [0, 0.1) is 13.8 Å². The first-order valence-electron chi connectivity index (χ1n) is 18.2. The van der Waals surface area contributed by atoms with Crippen molar-refractivity contribution in [1.82, 2.24) is 0 Å². The highest BCUT2D eigenvalue weighted by Crippen LogP contribution is 2.54. The van der Waals surface area contributed by atoms with Gasteiger partial charge in [-0.15, -0.1) is 0 Å². The second-order valence-electron chi connectivity index (χ2n) is 14.3. The minimum atomic E-state index is -0.731. The Kier molecular flexibility index (Phi) is 12.3. The van der Waals surface area contributed by atoms with Gasteiger partial charge >= 0.3 is 23.9 Å². The largest absolute Gasteiger partial charge is 0.462 e. The molecule has 288 valence electrons. The van der Waals surface area contributed by atoms with Crippen LogP contribution in [0.2, 0.25) is 0 Å². The van der Waals surface area contributed by atoms with Gasteiger partial charge in [0.2, 0.25) is 0 Å². The molecule has 0 unspecified atom stereocenters. The van der Waals surface area contributed by atoms with Gasteiger partial charge in [0.1, 0.15) is 11.5 Å². The number of benzene rings is 4. The molecule has 0 radical (unpaired) electrons. The molecule has 1 aliphatic rings. The third-order valence-electron chi connectivity index (χ3n) is 9.67. The first kappa shape index (κ1) is 40.7. The molecule has 0 aliphatic heterocycles. The molecule has 0 spiro atoms. The minimum Gasteiger partial charge on any atom is -0.462 e. The maximum atomic E-state index is 12.6. The molecule has 0 amide bonds. The number of nitrogens with zero attached hydrogens (tertiary/aromatic N) is 1. The molecule has 0 aromatic heterocycles. The topological polar surface area (TPSA) is 108 Å². The fraction of sp³-hybridized carbons (Fsp3) is 0.234. The molecule has 4 aromatic rings. The number of hydrogen-bond acceptors (Lipinski definition) is 9. The zero-order valence-electron chi connectivity index (χ0n) is 32.9. The number of esters is 4. The molecular weight excluding hydrogens is 707 g/mol. The van der Waals surface area contributed by atoms with Crippen molar-refractivity contribution >= 4 is 40.9 Å². The Bertz CT molecular complexity index is 2190. The number of anilines is 3. The lowest BCUT2D eigenvalue weighted by Crippen LogP contribution is -2.30. The van der Waals surface area contributed by atoms with E-state index in [1.165, 1.54) is 0 Å². The summed E-state index contributed by atoms with van der Waals surface area (Å²) in [4.78, 5) is 52.0. The second-order valence-corrected chi connectivity index (χ2v) is 14.3. The molecule has 0 heterocycles. The van der Waals surface area contributed by atoms with Gasteiger partial charge in [-0.3, -0.25) is 0 Å². The van der Waals surface area contributed by atoms with E-state index in [4.69, 9.17) is 18.9 Å². The van der Waals surface area contributed by atoms with Gasteiger partial charge in [-0.2, -0.15) is 0 Å². The molecule has 0 bridgehead atoms. The highest BCUT2D eigenvalue weighted by molar-refractivity contribution is 5.91. The zero-order chi connectivity index (χ0) is 40.9. The van der Waals surface area contributed by atoms with Crippen LogP contribution in [0.25, 0.3) is 11.1 Å². The van der Waals surface area contributed by atoms with Crippen LogP contribution in [0.3, 0.4) is 0 Å². The monoisotopic (exact) mass is 753 g/mol. The molecule has 1 aliphatic carbocycles. The molecule has 56 heavy (non-hydrogen) atoms. The Labute approximate surface area is 328 Å². The Morgan fingerprint density at radius 3 is 1.39 bits per heavy atom. The quantitative estimate of drug-likeness (QED) is 0.0666. The van der Waals surface area contributed by atoms with E-state index in [9.17, 15) is 19.2 Å². The molecule has 4 aromatic carbocycles. The predicted octanol–water partition coefficient (Wildman–Crippen LogP) is 10.0. The number of fused-ring (bicyclic) bond motifs is 3. The molecule has 0 saturated carbocycles. The summed E-state index contributed by atoms with van der Waals surface area (Å²) in [5, 5.41) is 0. The Morgan fingerprint density at radius 1 is 0.536 bits per heavy atom. The molecule has 9 heteroatoms. The maximum absolute atomic E-state index is 12.6. The van der Waals surface area contributed by atoms with Crippen LogP contribution in [0.5, 0.6) is 11.5 Å². The van der Waals surface area contributed by atoms with E-state index in [0.29, 0.717) is 46.6 Å². The molecule has 0 N–H and O–H groups in total. The number of rotatable bonds is 15. The number of ether oxygens (including phenoxy) is 4. The smallest absolute Gasteiger partial charge is 0.338 e. The van der Waals surface area contributed by atoms with E-state index in [-0.39, 0.29) is 24.4 Å². The van der Waals surface area contributed by atoms with Gasteiger partial charge in [0.05, 0.1) is 13.2 Å². The van der Waals surface area contributed by atoms with Gasteiger partial charge in [0.15, 0.2) is 0 Å². The van der Waals surface area contributed by atoms with E-state index < -0.39 is 29.3 Å². The molecular formula is C47H47NO8. The van der Waals surface area contributed by atoms with Gasteiger partial charge in [-0.05, 0) is 136 Å². The van der Waals surface area contributed by atoms with Crippen LogP contribution in [0.15, 0.2) is 127 Å². The first-order chi connectivity index (χ1) is 26.5. The molecule has 0 saturated heterocycles. The van der Waals surface area contributed by atoms with E-state index in [2.05, 4.69) is 55.5 Å². The van der Waals surface area contributed by atoms with E-state index in [0.717, 1.165) is 39.3 Å². The number of carbonyl (C=O) groups excluding carboxylic acids is 4. The lowest BCUT2D eigenvalue weighted by molar-refractivity contribution is -0.139. The highest BCUT2D eigenvalue weighted by Gasteiger charge is 2.43. The summed E-state index contributed by atoms with van der Waals surface area (Å²) >= 11 is 0. The standard InChI is InChI=1S/C47H47NO8/c1-28(2)43(49)53-23-21-47(22-24-54-44(50)29(3)4)39-14-12-11-13-37(39)38-18-15-36(27-40(38)47)48(34-16-19-41(32(9)25-34)55-45(51)30(5)6)35-17-20-42(33(10)26-35)56-46(52)31(7)8/h11-20,25-27H,1,3,5,7,21-24H2,2,4,6,8-10H3. The van der Waals surface area contributed by atoms with Crippen LogP contribution >= 0.6 is 0 Å². The SMILES string of the molecule is C=C(C)C(=O)OCCC1(CCOC(=O)C(=C)C)c2ccccc2-c2ccc(N(c3ccc(OC(=O)C(=C)C)c(C)c3)c3ccc(OC(=O)C(=C)C)c(C)c3)cc21. The van der Waals surface area contributed by atoms with Crippen LogP contribution in [-0.2, 0) is 34.1 Å². The molecule has 5 rings (SSSR count). The van der Waals surface area contributed by atoms with Crippen LogP contribution < -0.4 is 14.4 Å². The van der Waals surface area contributed by atoms with E-state index in [1.807, 2.05) is 56.3 Å². The normalized spacial score (nSPS) is 12.0. The maximum Gasteiger partial charge on any atom is 0.338 e. The number of carbonyl (C=O) groups is 4. The fourth-order valence-electron chi connectivity index (χ4n) is 6.72. The van der Waals surface area contributed by atoms with Crippen molar-refractivity contribution in [3.8, 4) is 22.6 Å². The first-order valence-corrected chi connectivity index (χ1v) is 18.2. The molecule has 9 nitrogen and oxygen atoms in total. The summed E-state index contributed by atoms with van der Waals surface area (Å²) in [6.45, 7) is 25.2. The van der Waals surface area contributed by atoms with Gasteiger partial charge in [-0.25, -0.2) is 19.2 Å². The Balaban J connectivity index is 1.69. The highest BCUT2D eigenvalue weighted by atomic mass is 16.5. The van der Waals surface area contributed by atoms with Crippen molar-refractivity contribution in [3.63, 3.8) is 0 Å². The zero-order valence-corrected chi connectivity index (χ0v) is 32.9. The lowest BCUT2D eigenvalue weighted by atomic mass is 9.73. The third kappa shape index (κ3) is 8.57. The van der Waals surface area contributed by atoms with Crippen molar-refractivity contribution in [2.75, 3.05) is 18.1 Å². The molecule has 0 fully saturated rings. The number of hydrogen-bond donors (Lipinski definition) is 0.